The standard InChI is InChI=1S/C14H18N4O/c1-3-16-9-11-4-5-12(8-10(11)2)18-7-6-13(17-18)14(15)19/h4-8,16H,3,9H2,1-2H3,(H2,15,19). The maximum absolute atomic E-state index is 11.0. The van der Waals surface area contributed by atoms with E-state index >= 15 is 0 Å². The average Bonchev–Trinajstić information content (AvgIpc) is 2.87. The van der Waals surface area contributed by atoms with Crippen LogP contribution in [-0.4, -0.2) is 22.2 Å². The normalized spacial score (nSPS) is 10.6. The quantitative estimate of drug-likeness (QED) is 0.851. The molecule has 2 aromatic rings. The Morgan fingerprint density at radius 3 is 2.79 bits per heavy atom. The Morgan fingerprint density at radius 2 is 2.21 bits per heavy atom. The number of primary amides is 1. The summed E-state index contributed by atoms with van der Waals surface area (Å²) < 4.78 is 1.66. The van der Waals surface area contributed by atoms with Crippen LogP contribution >= 0.6 is 0 Å². The molecule has 0 aliphatic heterocycles. The van der Waals surface area contributed by atoms with Crippen LogP contribution in [0.4, 0.5) is 0 Å². The van der Waals surface area contributed by atoms with Gasteiger partial charge in [-0.15, -0.1) is 0 Å². The third-order valence-corrected chi connectivity index (χ3v) is 3.00. The molecular formula is C14H18N4O. The zero-order valence-electron chi connectivity index (χ0n) is 11.2. The van der Waals surface area contributed by atoms with Crippen molar-refractivity contribution in [2.45, 2.75) is 20.4 Å². The average molecular weight is 258 g/mol. The van der Waals surface area contributed by atoms with E-state index in [1.165, 1.54) is 11.1 Å². The zero-order chi connectivity index (χ0) is 13.8. The van der Waals surface area contributed by atoms with Crippen molar-refractivity contribution in [3.63, 3.8) is 0 Å². The third-order valence-electron chi connectivity index (χ3n) is 3.00. The summed E-state index contributed by atoms with van der Waals surface area (Å²) in [4.78, 5) is 11.0. The van der Waals surface area contributed by atoms with E-state index < -0.39 is 5.91 Å². The van der Waals surface area contributed by atoms with Crippen molar-refractivity contribution in [2.24, 2.45) is 5.73 Å². The van der Waals surface area contributed by atoms with E-state index in [1.807, 2.05) is 12.1 Å². The topological polar surface area (TPSA) is 72.9 Å². The van der Waals surface area contributed by atoms with Gasteiger partial charge in [-0.1, -0.05) is 13.0 Å². The highest BCUT2D eigenvalue weighted by molar-refractivity contribution is 5.90. The predicted octanol–water partition coefficient (Wildman–Crippen LogP) is 1.39. The first kappa shape index (κ1) is 13.3. The zero-order valence-corrected chi connectivity index (χ0v) is 11.2. The number of aryl methyl sites for hydroxylation is 1. The molecule has 0 radical (unpaired) electrons. The minimum atomic E-state index is -0.515. The van der Waals surface area contributed by atoms with E-state index in [0.717, 1.165) is 18.8 Å². The summed E-state index contributed by atoms with van der Waals surface area (Å²) in [5.74, 6) is -0.515. The molecule has 1 heterocycles. The fourth-order valence-electron chi connectivity index (χ4n) is 1.88. The lowest BCUT2D eigenvalue weighted by atomic mass is 10.1. The van der Waals surface area contributed by atoms with Crippen molar-refractivity contribution in [3.05, 3.63) is 47.3 Å². The van der Waals surface area contributed by atoms with Crippen molar-refractivity contribution in [1.82, 2.24) is 15.1 Å². The van der Waals surface area contributed by atoms with Gasteiger partial charge in [-0.3, -0.25) is 4.79 Å². The third kappa shape index (κ3) is 3.00. The van der Waals surface area contributed by atoms with Crippen LogP contribution in [0.2, 0.25) is 0 Å². The molecule has 0 saturated carbocycles. The second-order valence-electron chi connectivity index (χ2n) is 4.40. The van der Waals surface area contributed by atoms with Crippen LogP contribution in [0.3, 0.4) is 0 Å². The van der Waals surface area contributed by atoms with E-state index in [1.54, 1.807) is 16.9 Å². The Hall–Kier alpha value is -2.14. The van der Waals surface area contributed by atoms with Crippen LogP contribution in [0.5, 0.6) is 0 Å². The fraction of sp³-hybridized carbons (Fsp3) is 0.286. The van der Waals surface area contributed by atoms with Crippen LogP contribution in [0.25, 0.3) is 5.69 Å². The Balaban J connectivity index is 2.25. The van der Waals surface area contributed by atoms with Gasteiger partial charge in [0.2, 0.25) is 0 Å². The summed E-state index contributed by atoms with van der Waals surface area (Å²) in [5.41, 5.74) is 8.83. The van der Waals surface area contributed by atoms with Crippen LogP contribution in [0.15, 0.2) is 30.5 Å². The first-order valence-corrected chi connectivity index (χ1v) is 6.28. The minimum absolute atomic E-state index is 0.273. The molecule has 0 unspecified atom stereocenters. The molecule has 0 bridgehead atoms. The van der Waals surface area contributed by atoms with Gasteiger partial charge in [0, 0.05) is 12.7 Å². The maximum Gasteiger partial charge on any atom is 0.269 e. The highest BCUT2D eigenvalue weighted by atomic mass is 16.1. The first-order valence-electron chi connectivity index (χ1n) is 6.28. The van der Waals surface area contributed by atoms with Crippen molar-refractivity contribution >= 4 is 5.91 Å². The number of benzene rings is 1. The molecule has 0 aliphatic carbocycles. The SMILES string of the molecule is CCNCc1ccc(-n2ccc(C(N)=O)n2)cc1C. The summed E-state index contributed by atoms with van der Waals surface area (Å²) in [5, 5.41) is 7.44. The number of carbonyl (C=O) groups excluding carboxylic acids is 1. The van der Waals surface area contributed by atoms with Crippen molar-refractivity contribution in [1.29, 1.82) is 0 Å². The van der Waals surface area contributed by atoms with E-state index in [0.29, 0.717) is 0 Å². The van der Waals surface area contributed by atoms with Gasteiger partial charge in [0.15, 0.2) is 0 Å². The lowest BCUT2D eigenvalue weighted by molar-refractivity contribution is 0.0995. The van der Waals surface area contributed by atoms with Crippen LogP contribution in [0, 0.1) is 6.92 Å². The summed E-state index contributed by atoms with van der Waals surface area (Å²) in [6.07, 6.45) is 1.73. The lowest BCUT2D eigenvalue weighted by Crippen LogP contribution is -2.13. The second kappa shape index (κ2) is 5.67. The van der Waals surface area contributed by atoms with Gasteiger partial charge >= 0.3 is 0 Å². The smallest absolute Gasteiger partial charge is 0.269 e. The molecule has 1 aromatic carbocycles. The molecule has 3 N–H and O–H groups in total. The molecule has 0 atom stereocenters. The van der Waals surface area contributed by atoms with Gasteiger partial charge in [0.1, 0.15) is 5.69 Å². The monoisotopic (exact) mass is 258 g/mol. The molecular weight excluding hydrogens is 240 g/mol. The van der Waals surface area contributed by atoms with Gasteiger partial charge in [-0.2, -0.15) is 5.10 Å². The number of nitrogens with two attached hydrogens (primary N) is 1. The molecule has 1 amide bonds. The van der Waals surface area contributed by atoms with Gasteiger partial charge in [0.25, 0.3) is 5.91 Å². The molecule has 0 aliphatic rings. The largest absolute Gasteiger partial charge is 0.364 e. The van der Waals surface area contributed by atoms with Gasteiger partial charge in [-0.25, -0.2) is 4.68 Å². The molecule has 5 heteroatoms. The Labute approximate surface area is 112 Å². The first-order chi connectivity index (χ1) is 9.11. The lowest BCUT2D eigenvalue weighted by Gasteiger charge is -2.09. The highest BCUT2D eigenvalue weighted by Gasteiger charge is 2.07. The number of carbonyl (C=O) groups is 1. The van der Waals surface area contributed by atoms with Gasteiger partial charge in [-0.05, 0) is 42.8 Å². The molecule has 2 rings (SSSR count). The molecule has 100 valence electrons. The van der Waals surface area contributed by atoms with Crippen molar-refractivity contribution < 1.29 is 4.79 Å². The summed E-state index contributed by atoms with van der Waals surface area (Å²) in [6.45, 7) is 5.95. The molecule has 0 saturated heterocycles. The maximum atomic E-state index is 11.0. The summed E-state index contributed by atoms with van der Waals surface area (Å²) >= 11 is 0. The Kier molecular flexibility index (Phi) is 3.97. The Morgan fingerprint density at radius 1 is 1.42 bits per heavy atom. The molecule has 1 aromatic heterocycles. The predicted molar refractivity (Wildman–Crippen MR) is 74.2 cm³/mol. The number of nitrogens with one attached hydrogen (secondary N) is 1. The van der Waals surface area contributed by atoms with Crippen LogP contribution in [-0.2, 0) is 6.54 Å². The van der Waals surface area contributed by atoms with Crippen LogP contribution < -0.4 is 11.1 Å². The second-order valence-corrected chi connectivity index (χ2v) is 4.40. The number of rotatable bonds is 5. The molecule has 5 nitrogen and oxygen atoms in total. The van der Waals surface area contributed by atoms with E-state index in [4.69, 9.17) is 5.73 Å². The number of hydrogen-bond donors (Lipinski definition) is 2. The summed E-state index contributed by atoms with van der Waals surface area (Å²) in [7, 11) is 0. The summed E-state index contributed by atoms with van der Waals surface area (Å²) in [6, 6.07) is 7.71. The van der Waals surface area contributed by atoms with Crippen LogP contribution in [0.1, 0.15) is 28.5 Å². The van der Waals surface area contributed by atoms with E-state index in [2.05, 4.69) is 30.3 Å². The number of aromatic nitrogens is 2. The van der Waals surface area contributed by atoms with Gasteiger partial charge < -0.3 is 11.1 Å². The molecule has 0 spiro atoms. The van der Waals surface area contributed by atoms with Gasteiger partial charge in [0.05, 0.1) is 5.69 Å². The van der Waals surface area contributed by atoms with Crippen molar-refractivity contribution in [2.75, 3.05) is 6.54 Å². The number of amides is 1. The minimum Gasteiger partial charge on any atom is -0.364 e. The fourth-order valence-corrected chi connectivity index (χ4v) is 1.88. The van der Waals surface area contributed by atoms with E-state index in [-0.39, 0.29) is 5.69 Å². The highest BCUT2D eigenvalue weighted by Crippen LogP contribution is 2.14. The molecule has 19 heavy (non-hydrogen) atoms. The van der Waals surface area contributed by atoms with E-state index in [9.17, 15) is 4.79 Å². The number of hydrogen-bond acceptors (Lipinski definition) is 3. The van der Waals surface area contributed by atoms with Crippen molar-refractivity contribution in [3.8, 4) is 5.69 Å². The molecule has 0 fully saturated rings. The number of nitrogens with zero attached hydrogens (tertiary/aromatic N) is 2. The Bertz CT molecular complexity index is 589.